The number of para-hydroxylation sites is 1. The molecule has 7 N–H and O–H groups in total. The average Bonchev–Trinajstić information content (AvgIpc) is 2.91. The largest absolute Gasteiger partial charge is 0.354 e. The van der Waals surface area contributed by atoms with Crippen molar-refractivity contribution < 1.29 is 9.32 Å². The number of hydrazine groups is 1. The molecule has 25 heavy (non-hydrogen) atoms. The Labute approximate surface area is 149 Å². The molecule has 9 heteroatoms. The number of amides is 1. The molecular formula is C16H21ClN6O2. The van der Waals surface area contributed by atoms with E-state index in [2.05, 4.69) is 10.5 Å². The summed E-state index contributed by atoms with van der Waals surface area (Å²) in [5.41, 5.74) is 11.2. The quantitative estimate of drug-likeness (QED) is 0.343. The van der Waals surface area contributed by atoms with Gasteiger partial charge in [-0.15, -0.1) is 0 Å². The van der Waals surface area contributed by atoms with Crippen LogP contribution in [0.4, 0.5) is 0 Å². The fraction of sp³-hybridized carbons (Fsp3) is 0.500. The monoisotopic (exact) mass is 364 g/mol. The molecule has 1 aromatic heterocycles. The van der Waals surface area contributed by atoms with Gasteiger partial charge in [0.05, 0.1) is 27.6 Å². The van der Waals surface area contributed by atoms with Crippen molar-refractivity contribution in [2.75, 3.05) is 13.1 Å². The van der Waals surface area contributed by atoms with E-state index in [0.29, 0.717) is 34.8 Å². The molecule has 1 amide bonds. The lowest BCUT2D eigenvalue weighted by Gasteiger charge is -2.34. The number of nitrogens with zero attached hydrogens (tertiary/aromatic N) is 2. The topological polar surface area (TPSA) is 136 Å². The van der Waals surface area contributed by atoms with Crippen molar-refractivity contribution in [2.45, 2.75) is 30.5 Å². The number of hydrogen-bond acceptors (Lipinski definition) is 7. The Morgan fingerprint density at radius 2 is 2.04 bits per heavy atom. The SMILES string of the molecule is CC(C)(c1noc2c(Cl)cccc12)N(N)C(=O)[C@H]1[C@]2(N)CNC[C@]12N. The van der Waals surface area contributed by atoms with Crippen LogP contribution in [0.2, 0.25) is 5.02 Å². The van der Waals surface area contributed by atoms with E-state index in [9.17, 15) is 4.79 Å². The van der Waals surface area contributed by atoms with Gasteiger partial charge in [0.1, 0.15) is 5.69 Å². The summed E-state index contributed by atoms with van der Waals surface area (Å²) in [6.45, 7) is 4.59. The molecule has 1 aromatic carbocycles. The summed E-state index contributed by atoms with van der Waals surface area (Å²) in [5.74, 6) is 5.40. The third-order valence-electron chi connectivity index (χ3n) is 5.77. The number of benzene rings is 1. The van der Waals surface area contributed by atoms with Crippen molar-refractivity contribution in [2.24, 2.45) is 23.2 Å². The molecule has 0 unspecified atom stereocenters. The summed E-state index contributed by atoms with van der Waals surface area (Å²) < 4.78 is 5.35. The molecule has 2 aromatic rings. The number of rotatable bonds is 3. The highest BCUT2D eigenvalue weighted by atomic mass is 35.5. The second kappa shape index (κ2) is 4.93. The Balaban J connectivity index is 1.68. The Kier molecular flexibility index (Phi) is 3.30. The standard InChI is InChI=1S/C16H21ClN6O2/c1-14(2,12-8-4-3-5-9(17)10(8)25-22-12)23(20)13(24)11-15(18)6-21-7-16(11,15)19/h3-5,11,21H,6-7,18-20H2,1-2H3/t11-,15+,16-. The lowest BCUT2D eigenvalue weighted by atomic mass is 9.95. The van der Waals surface area contributed by atoms with Crippen LogP contribution < -0.4 is 22.6 Å². The third kappa shape index (κ3) is 1.97. The predicted octanol–water partition coefficient (Wildman–Crippen LogP) is 0.0466. The maximum absolute atomic E-state index is 13.0. The highest BCUT2D eigenvalue weighted by Gasteiger charge is 2.79. The maximum atomic E-state index is 13.0. The third-order valence-corrected chi connectivity index (χ3v) is 6.06. The van der Waals surface area contributed by atoms with Crippen LogP contribution in [0.5, 0.6) is 0 Å². The van der Waals surface area contributed by atoms with Crippen molar-refractivity contribution in [3.63, 3.8) is 0 Å². The smallest absolute Gasteiger partial charge is 0.244 e. The lowest BCUT2D eigenvalue weighted by molar-refractivity contribution is -0.140. The molecule has 8 nitrogen and oxygen atoms in total. The van der Waals surface area contributed by atoms with Gasteiger partial charge < -0.3 is 21.3 Å². The maximum Gasteiger partial charge on any atom is 0.244 e. The summed E-state index contributed by atoms with van der Waals surface area (Å²) in [6.07, 6.45) is 0. The Hall–Kier alpha value is -1.71. The van der Waals surface area contributed by atoms with Crippen LogP contribution in [-0.4, -0.2) is 40.2 Å². The molecular weight excluding hydrogens is 344 g/mol. The summed E-state index contributed by atoms with van der Waals surface area (Å²) in [4.78, 5) is 13.0. The summed E-state index contributed by atoms with van der Waals surface area (Å²) in [5, 5.41) is 9.56. The Morgan fingerprint density at radius 3 is 2.68 bits per heavy atom. The first-order chi connectivity index (χ1) is 11.6. The van der Waals surface area contributed by atoms with Crippen LogP contribution in [0.15, 0.2) is 22.7 Å². The van der Waals surface area contributed by atoms with Crippen molar-refractivity contribution in [3.05, 3.63) is 28.9 Å². The zero-order chi connectivity index (χ0) is 18.2. The van der Waals surface area contributed by atoms with Gasteiger partial charge in [0.15, 0.2) is 5.58 Å². The van der Waals surface area contributed by atoms with Crippen molar-refractivity contribution in [1.29, 1.82) is 0 Å². The molecule has 1 aliphatic heterocycles. The normalized spacial score (nSPS) is 31.2. The number of carbonyl (C=O) groups is 1. The minimum Gasteiger partial charge on any atom is -0.354 e. The minimum atomic E-state index is -0.927. The van der Waals surface area contributed by atoms with Crippen LogP contribution in [-0.2, 0) is 10.3 Å². The lowest BCUT2D eigenvalue weighted by Crippen LogP contribution is -2.54. The van der Waals surface area contributed by atoms with Crippen molar-refractivity contribution in [1.82, 2.24) is 15.5 Å². The van der Waals surface area contributed by atoms with Crippen LogP contribution in [0.3, 0.4) is 0 Å². The number of halogens is 1. The number of aromatic nitrogens is 1. The number of piperidine rings is 1. The fourth-order valence-corrected chi connectivity index (χ4v) is 4.21. The summed E-state index contributed by atoms with van der Waals surface area (Å²) in [7, 11) is 0. The van der Waals surface area contributed by atoms with E-state index in [0.717, 1.165) is 5.01 Å². The highest BCUT2D eigenvalue weighted by molar-refractivity contribution is 6.34. The van der Waals surface area contributed by atoms with Crippen LogP contribution in [0.25, 0.3) is 11.0 Å². The van der Waals surface area contributed by atoms with E-state index in [1.165, 1.54) is 0 Å². The van der Waals surface area contributed by atoms with E-state index < -0.39 is 22.5 Å². The summed E-state index contributed by atoms with van der Waals surface area (Å²) >= 11 is 6.14. The summed E-state index contributed by atoms with van der Waals surface area (Å²) in [6, 6.07) is 5.34. The van der Waals surface area contributed by atoms with Crippen LogP contribution >= 0.6 is 11.6 Å². The molecule has 4 rings (SSSR count). The number of nitrogens with one attached hydrogen (secondary N) is 1. The van der Waals surface area contributed by atoms with Crippen molar-refractivity contribution >= 4 is 28.5 Å². The highest BCUT2D eigenvalue weighted by Crippen LogP contribution is 2.54. The number of nitrogens with two attached hydrogens (primary N) is 3. The molecule has 3 atom stereocenters. The second-order valence-electron chi connectivity index (χ2n) is 7.53. The molecule has 2 fully saturated rings. The number of hydrogen-bond donors (Lipinski definition) is 4. The molecule has 0 spiro atoms. The van der Waals surface area contributed by atoms with Crippen LogP contribution in [0, 0.1) is 5.92 Å². The van der Waals surface area contributed by atoms with Gasteiger partial charge in [-0.3, -0.25) is 9.80 Å². The van der Waals surface area contributed by atoms with Gasteiger partial charge in [-0.1, -0.05) is 22.8 Å². The number of carbonyl (C=O) groups excluding carboxylic acids is 1. The molecule has 0 radical (unpaired) electrons. The van der Waals surface area contributed by atoms with Gasteiger partial charge in [0.2, 0.25) is 5.91 Å². The van der Waals surface area contributed by atoms with Gasteiger partial charge in [-0.25, -0.2) is 5.84 Å². The predicted molar refractivity (Wildman–Crippen MR) is 93.3 cm³/mol. The van der Waals surface area contributed by atoms with Gasteiger partial charge in [-0.2, -0.15) is 0 Å². The zero-order valence-corrected chi connectivity index (χ0v) is 14.8. The molecule has 134 valence electrons. The second-order valence-corrected chi connectivity index (χ2v) is 7.94. The van der Waals surface area contributed by atoms with E-state index in [4.69, 9.17) is 33.4 Å². The van der Waals surface area contributed by atoms with Gasteiger partial charge >= 0.3 is 0 Å². The van der Waals surface area contributed by atoms with E-state index in [-0.39, 0.29) is 5.91 Å². The fourth-order valence-electron chi connectivity index (χ4n) is 4.00. The minimum absolute atomic E-state index is 0.297. The van der Waals surface area contributed by atoms with E-state index in [1.807, 2.05) is 6.07 Å². The first-order valence-electron chi connectivity index (χ1n) is 8.06. The Morgan fingerprint density at radius 1 is 1.40 bits per heavy atom. The molecule has 1 aliphatic carbocycles. The van der Waals surface area contributed by atoms with Gasteiger partial charge in [0.25, 0.3) is 0 Å². The van der Waals surface area contributed by atoms with Crippen molar-refractivity contribution in [3.8, 4) is 0 Å². The average molecular weight is 365 g/mol. The van der Waals surface area contributed by atoms with E-state index >= 15 is 0 Å². The first kappa shape index (κ1) is 16.7. The van der Waals surface area contributed by atoms with Gasteiger partial charge in [-0.05, 0) is 26.0 Å². The number of fused-ring (bicyclic) bond motifs is 2. The molecule has 1 saturated heterocycles. The van der Waals surface area contributed by atoms with Crippen LogP contribution in [0.1, 0.15) is 19.5 Å². The zero-order valence-electron chi connectivity index (χ0n) is 14.0. The Bertz CT molecular complexity index is 867. The molecule has 2 aliphatic rings. The molecule has 1 saturated carbocycles. The molecule has 2 heterocycles. The van der Waals surface area contributed by atoms with E-state index in [1.54, 1.807) is 26.0 Å². The van der Waals surface area contributed by atoms with Gasteiger partial charge in [0, 0.05) is 18.5 Å². The first-order valence-corrected chi connectivity index (χ1v) is 8.44. The molecule has 0 bridgehead atoms.